The Morgan fingerprint density at radius 3 is 2.57 bits per heavy atom. The first-order valence-electron chi connectivity index (χ1n) is 6.28. The van der Waals surface area contributed by atoms with Gasteiger partial charge in [0.2, 0.25) is 0 Å². The summed E-state index contributed by atoms with van der Waals surface area (Å²) in [5.41, 5.74) is 3.71. The second-order valence-corrected chi connectivity index (χ2v) is 4.99. The fraction of sp³-hybridized carbons (Fsp3) is 0.200. The van der Waals surface area contributed by atoms with Crippen molar-refractivity contribution in [2.75, 3.05) is 7.11 Å². The normalized spacial score (nSPS) is 12.2. The molecule has 21 heavy (non-hydrogen) atoms. The highest BCUT2D eigenvalue weighted by Crippen LogP contribution is 2.26. The molecule has 0 heterocycles. The van der Waals surface area contributed by atoms with E-state index in [9.17, 15) is 8.78 Å². The molecule has 0 saturated heterocycles. The number of methoxy groups -OCH3 is 1. The second kappa shape index (κ2) is 6.85. The maximum absolute atomic E-state index is 13.8. The van der Waals surface area contributed by atoms with Crippen LogP contribution in [0.1, 0.15) is 17.2 Å². The van der Waals surface area contributed by atoms with Crippen LogP contribution in [0, 0.1) is 11.6 Å². The predicted molar refractivity (Wildman–Crippen MR) is 78.1 cm³/mol. The van der Waals surface area contributed by atoms with Gasteiger partial charge in [-0.25, -0.2) is 8.78 Å². The minimum absolute atomic E-state index is 0.110. The van der Waals surface area contributed by atoms with Crippen LogP contribution in [0.4, 0.5) is 8.78 Å². The van der Waals surface area contributed by atoms with Gasteiger partial charge < -0.3 is 4.74 Å². The van der Waals surface area contributed by atoms with E-state index < -0.39 is 11.9 Å². The number of benzene rings is 2. The standard InChI is InChI=1S/C15H15ClF2N2O/c1-21-15-8-9(2-4-13(15)18)14(20-19)7-10-6-11(16)3-5-12(10)17/h2-6,8,14,20H,7,19H2,1H3. The van der Waals surface area contributed by atoms with E-state index in [2.05, 4.69) is 5.43 Å². The maximum atomic E-state index is 13.8. The largest absolute Gasteiger partial charge is 0.494 e. The number of ether oxygens (including phenoxy) is 1. The van der Waals surface area contributed by atoms with Gasteiger partial charge in [0.05, 0.1) is 13.2 Å². The minimum Gasteiger partial charge on any atom is -0.494 e. The molecule has 1 atom stereocenters. The lowest BCUT2D eigenvalue weighted by Gasteiger charge is -2.18. The zero-order valence-corrected chi connectivity index (χ0v) is 12.1. The molecule has 1 unspecified atom stereocenters. The van der Waals surface area contributed by atoms with E-state index >= 15 is 0 Å². The first kappa shape index (κ1) is 15.7. The van der Waals surface area contributed by atoms with Crippen molar-refractivity contribution < 1.29 is 13.5 Å². The molecule has 6 heteroatoms. The number of rotatable bonds is 5. The van der Waals surface area contributed by atoms with E-state index in [1.807, 2.05) is 0 Å². The molecule has 2 aromatic carbocycles. The molecule has 0 aliphatic carbocycles. The fourth-order valence-electron chi connectivity index (χ4n) is 2.09. The summed E-state index contributed by atoms with van der Waals surface area (Å²) in [6, 6.07) is 8.32. The number of hydrogen-bond donors (Lipinski definition) is 2. The van der Waals surface area contributed by atoms with Crippen molar-refractivity contribution in [1.29, 1.82) is 0 Å². The van der Waals surface area contributed by atoms with Crippen molar-refractivity contribution in [3.63, 3.8) is 0 Å². The molecule has 0 amide bonds. The van der Waals surface area contributed by atoms with Crippen molar-refractivity contribution in [2.45, 2.75) is 12.5 Å². The van der Waals surface area contributed by atoms with Crippen LogP contribution in [-0.4, -0.2) is 7.11 Å². The summed E-state index contributed by atoms with van der Waals surface area (Å²) in [6.07, 6.45) is 0.275. The van der Waals surface area contributed by atoms with Gasteiger partial charge in [-0.2, -0.15) is 0 Å². The minimum atomic E-state index is -0.467. The highest BCUT2D eigenvalue weighted by atomic mass is 35.5. The van der Waals surface area contributed by atoms with E-state index in [0.29, 0.717) is 16.1 Å². The molecule has 0 fully saturated rings. The third-order valence-corrected chi connectivity index (χ3v) is 3.45. The van der Waals surface area contributed by atoms with Gasteiger partial charge in [0.1, 0.15) is 5.82 Å². The molecular weight excluding hydrogens is 298 g/mol. The number of hydrogen-bond acceptors (Lipinski definition) is 3. The molecule has 0 aliphatic rings. The van der Waals surface area contributed by atoms with Crippen molar-refractivity contribution in [1.82, 2.24) is 5.43 Å². The van der Waals surface area contributed by atoms with Crippen LogP contribution in [-0.2, 0) is 6.42 Å². The van der Waals surface area contributed by atoms with Gasteiger partial charge in [-0.15, -0.1) is 0 Å². The van der Waals surface area contributed by atoms with E-state index in [4.69, 9.17) is 22.2 Å². The molecule has 0 bridgehead atoms. The Bertz CT molecular complexity index is 637. The summed E-state index contributed by atoms with van der Waals surface area (Å²) in [5, 5.41) is 0.443. The monoisotopic (exact) mass is 312 g/mol. The average Bonchev–Trinajstić information content (AvgIpc) is 2.49. The molecule has 3 nitrogen and oxygen atoms in total. The Balaban J connectivity index is 2.29. The van der Waals surface area contributed by atoms with Crippen molar-refractivity contribution in [3.8, 4) is 5.75 Å². The number of halogens is 3. The van der Waals surface area contributed by atoms with Gasteiger partial charge in [-0.1, -0.05) is 17.7 Å². The molecular formula is C15H15ClF2N2O. The van der Waals surface area contributed by atoms with Crippen molar-refractivity contribution in [3.05, 3.63) is 64.2 Å². The quantitative estimate of drug-likeness (QED) is 0.657. The summed E-state index contributed by atoms with van der Waals surface area (Å²) >= 11 is 5.87. The molecule has 2 rings (SSSR count). The van der Waals surface area contributed by atoms with Crippen LogP contribution in [0.3, 0.4) is 0 Å². The fourth-order valence-corrected chi connectivity index (χ4v) is 2.28. The molecule has 0 saturated carbocycles. The van der Waals surface area contributed by atoms with E-state index in [1.165, 1.54) is 31.4 Å². The Labute approximate surface area is 126 Å². The van der Waals surface area contributed by atoms with Crippen LogP contribution in [0.5, 0.6) is 5.75 Å². The van der Waals surface area contributed by atoms with E-state index in [1.54, 1.807) is 12.1 Å². The summed E-state index contributed by atoms with van der Waals surface area (Å²) < 4.78 is 32.1. The molecule has 3 N–H and O–H groups in total. The van der Waals surface area contributed by atoms with Crippen LogP contribution in [0.15, 0.2) is 36.4 Å². The Hall–Kier alpha value is -1.69. The van der Waals surface area contributed by atoms with Gasteiger partial charge in [0.25, 0.3) is 0 Å². The zero-order chi connectivity index (χ0) is 15.4. The van der Waals surface area contributed by atoms with Gasteiger partial charge in [0.15, 0.2) is 11.6 Å². The summed E-state index contributed by atoms with van der Waals surface area (Å²) in [6.45, 7) is 0. The Morgan fingerprint density at radius 1 is 1.19 bits per heavy atom. The van der Waals surface area contributed by atoms with E-state index in [-0.39, 0.29) is 18.0 Å². The smallest absolute Gasteiger partial charge is 0.165 e. The van der Waals surface area contributed by atoms with Crippen LogP contribution < -0.4 is 16.0 Å². The van der Waals surface area contributed by atoms with Gasteiger partial charge in [-0.3, -0.25) is 11.3 Å². The summed E-state index contributed by atoms with van der Waals surface area (Å²) in [4.78, 5) is 0. The highest BCUT2D eigenvalue weighted by Gasteiger charge is 2.16. The Kier molecular flexibility index (Phi) is 5.12. The molecule has 0 aliphatic heterocycles. The van der Waals surface area contributed by atoms with Crippen molar-refractivity contribution >= 4 is 11.6 Å². The number of hydrazine groups is 1. The lowest BCUT2D eigenvalue weighted by molar-refractivity contribution is 0.384. The highest BCUT2D eigenvalue weighted by molar-refractivity contribution is 6.30. The molecule has 0 aromatic heterocycles. The van der Waals surface area contributed by atoms with Crippen LogP contribution in [0.2, 0.25) is 5.02 Å². The molecule has 112 valence electrons. The lowest BCUT2D eigenvalue weighted by atomic mass is 9.98. The third kappa shape index (κ3) is 3.69. The lowest BCUT2D eigenvalue weighted by Crippen LogP contribution is -2.29. The van der Waals surface area contributed by atoms with Gasteiger partial charge in [0, 0.05) is 5.02 Å². The van der Waals surface area contributed by atoms with Gasteiger partial charge in [-0.05, 0) is 47.9 Å². The van der Waals surface area contributed by atoms with E-state index in [0.717, 1.165) is 0 Å². The molecule has 2 aromatic rings. The maximum Gasteiger partial charge on any atom is 0.165 e. The number of nitrogens with two attached hydrogens (primary N) is 1. The predicted octanol–water partition coefficient (Wildman–Crippen LogP) is 3.37. The number of nitrogens with one attached hydrogen (secondary N) is 1. The third-order valence-electron chi connectivity index (χ3n) is 3.21. The topological polar surface area (TPSA) is 47.3 Å². The first-order chi connectivity index (χ1) is 10.0. The second-order valence-electron chi connectivity index (χ2n) is 4.55. The SMILES string of the molecule is COc1cc(C(Cc2cc(Cl)ccc2F)NN)ccc1F. The summed E-state index contributed by atoms with van der Waals surface area (Å²) in [5.74, 6) is 4.81. The van der Waals surface area contributed by atoms with Crippen LogP contribution >= 0.6 is 11.6 Å². The average molecular weight is 313 g/mol. The Morgan fingerprint density at radius 2 is 1.90 bits per heavy atom. The van der Waals surface area contributed by atoms with Gasteiger partial charge >= 0.3 is 0 Å². The zero-order valence-electron chi connectivity index (χ0n) is 11.4. The van der Waals surface area contributed by atoms with Crippen LogP contribution in [0.25, 0.3) is 0 Å². The molecule has 0 spiro atoms. The molecule has 0 radical (unpaired) electrons. The first-order valence-corrected chi connectivity index (χ1v) is 6.66. The van der Waals surface area contributed by atoms with Crippen molar-refractivity contribution in [2.24, 2.45) is 5.84 Å². The summed E-state index contributed by atoms with van der Waals surface area (Å²) in [7, 11) is 1.38.